The van der Waals surface area contributed by atoms with Gasteiger partial charge >= 0.3 is 0 Å². The molecule has 21 heavy (non-hydrogen) atoms. The molecule has 0 spiro atoms. The van der Waals surface area contributed by atoms with Crippen LogP contribution in [0.1, 0.15) is 18.4 Å². The first-order valence-corrected chi connectivity index (χ1v) is 7.22. The molecule has 1 aliphatic heterocycles. The minimum absolute atomic E-state index is 0.624. The van der Waals surface area contributed by atoms with Crippen LogP contribution in [-0.4, -0.2) is 39.3 Å². The fourth-order valence-electron chi connectivity index (χ4n) is 2.50. The van der Waals surface area contributed by atoms with Gasteiger partial charge in [-0.25, -0.2) is 0 Å². The average Bonchev–Trinajstić information content (AvgIpc) is 2.98. The van der Waals surface area contributed by atoms with Crippen LogP contribution in [0.15, 0.2) is 24.3 Å². The molecule has 5 heteroatoms. The molecule has 1 saturated heterocycles. The third kappa shape index (κ3) is 4.79. The normalized spacial score (nSPS) is 15.5. The summed E-state index contributed by atoms with van der Waals surface area (Å²) in [6.45, 7) is 4.03. The molecular formula is C16H21NO4. The molecule has 5 nitrogen and oxygen atoms in total. The monoisotopic (exact) mass is 291 g/mol. The number of nitrogens with one attached hydrogen (secondary N) is 1. The van der Waals surface area contributed by atoms with Gasteiger partial charge in [0.25, 0.3) is 0 Å². The van der Waals surface area contributed by atoms with E-state index in [9.17, 15) is 9.90 Å². The zero-order valence-electron chi connectivity index (χ0n) is 12.3. The van der Waals surface area contributed by atoms with E-state index in [1.165, 1.54) is 32.0 Å². The summed E-state index contributed by atoms with van der Waals surface area (Å²) in [7, 11) is 1.59. The fourth-order valence-corrected chi connectivity index (χ4v) is 2.50. The van der Waals surface area contributed by atoms with Gasteiger partial charge in [-0.3, -0.25) is 0 Å². The maximum absolute atomic E-state index is 10.4. The number of carboxylic acid groups (broad SMARTS) is 1. The van der Waals surface area contributed by atoms with E-state index >= 15 is 0 Å². The zero-order chi connectivity index (χ0) is 15.1. The van der Waals surface area contributed by atoms with E-state index < -0.39 is 5.97 Å². The predicted molar refractivity (Wildman–Crippen MR) is 77.3 cm³/mol. The summed E-state index contributed by atoms with van der Waals surface area (Å²) in [6, 6.07) is 5.32. The van der Waals surface area contributed by atoms with Gasteiger partial charge in [-0.05, 0) is 23.8 Å². The molecule has 0 amide bonds. The number of methoxy groups -OCH3 is 1. The summed E-state index contributed by atoms with van der Waals surface area (Å²) < 4.78 is 11.1. The standard InChI is InChI=1S/C16H21NO4/c1-20-14-6-4-13(5-7-16(18)19)12-15(14)21-11-10-17-8-2-3-9-17/h4-7,12H,2-3,8-11H2,1H3,(H,18,19)/b7-5-. The molecule has 114 valence electrons. The van der Waals surface area contributed by atoms with Crippen LogP contribution in [0.5, 0.6) is 11.5 Å². The molecule has 0 aliphatic carbocycles. The van der Waals surface area contributed by atoms with E-state index in [2.05, 4.69) is 0 Å². The number of rotatable bonds is 7. The Morgan fingerprint density at radius 1 is 1.33 bits per heavy atom. The third-order valence-electron chi connectivity index (χ3n) is 3.62. The summed E-state index contributed by atoms with van der Waals surface area (Å²) in [6.07, 6.45) is 5.07. The number of likely N-dealkylation sites (tertiary alicyclic amines) is 1. The van der Waals surface area contributed by atoms with E-state index in [4.69, 9.17) is 9.47 Å². The highest BCUT2D eigenvalue weighted by atomic mass is 16.5. The first kappa shape index (κ1) is 15.4. The minimum Gasteiger partial charge on any atom is -0.545 e. The van der Waals surface area contributed by atoms with Crippen molar-refractivity contribution >= 4 is 12.0 Å². The highest BCUT2D eigenvalue weighted by Crippen LogP contribution is 2.28. The number of hydrogen-bond donors (Lipinski definition) is 1. The van der Waals surface area contributed by atoms with Crippen LogP contribution in [-0.2, 0) is 4.79 Å². The highest BCUT2D eigenvalue weighted by molar-refractivity contribution is 5.83. The Morgan fingerprint density at radius 3 is 2.76 bits per heavy atom. The van der Waals surface area contributed by atoms with E-state index in [0.717, 1.165) is 18.2 Å². The van der Waals surface area contributed by atoms with Crippen molar-refractivity contribution in [2.24, 2.45) is 0 Å². The SMILES string of the molecule is COc1ccc(/C=C\C(=O)[O-])cc1OCC[NH+]1CCCC1. The average molecular weight is 291 g/mol. The van der Waals surface area contributed by atoms with Gasteiger partial charge in [-0.2, -0.15) is 0 Å². The van der Waals surface area contributed by atoms with Crippen molar-refractivity contribution in [1.82, 2.24) is 0 Å². The second kappa shape index (κ2) is 7.69. The Morgan fingerprint density at radius 2 is 2.10 bits per heavy atom. The van der Waals surface area contributed by atoms with E-state index in [1.54, 1.807) is 30.2 Å². The number of benzene rings is 1. The summed E-state index contributed by atoms with van der Waals surface area (Å²) in [5.74, 6) is 0.0690. The lowest BCUT2D eigenvalue weighted by Gasteiger charge is -2.14. The Kier molecular flexibility index (Phi) is 5.63. The second-order valence-corrected chi connectivity index (χ2v) is 5.12. The van der Waals surface area contributed by atoms with E-state index in [-0.39, 0.29) is 0 Å². The molecule has 2 rings (SSSR count). The van der Waals surface area contributed by atoms with Gasteiger partial charge < -0.3 is 24.3 Å². The number of ether oxygens (including phenoxy) is 2. The van der Waals surface area contributed by atoms with Crippen LogP contribution in [0.4, 0.5) is 0 Å². The van der Waals surface area contributed by atoms with Gasteiger partial charge in [0.2, 0.25) is 0 Å². The van der Waals surface area contributed by atoms with Crippen LogP contribution >= 0.6 is 0 Å². The topological polar surface area (TPSA) is 63.0 Å². The molecule has 1 heterocycles. The van der Waals surface area contributed by atoms with Crippen molar-refractivity contribution < 1.29 is 24.3 Å². The van der Waals surface area contributed by atoms with Gasteiger partial charge in [0.05, 0.1) is 26.2 Å². The Hall–Kier alpha value is -2.01. The van der Waals surface area contributed by atoms with Crippen LogP contribution in [0.3, 0.4) is 0 Å². The van der Waals surface area contributed by atoms with E-state index in [0.29, 0.717) is 18.1 Å². The highest BCUT2D eigenvalue weighted by Gasteiger charge is 2.15. The minimum atomic E-state index is -1.22. The molecule has 1 aromatic carbocycles. The largest absolute Gasteiger partial charge is 0.545 e. The van der Waals surface area contributed by atoms with Gasteiger partial charge in [0.1, 0.15) is 13.2 Å². The van der Waals surface area contributed by atoms with Crippen molar-refractivity contribution in [3.8, 4) is 11.5 Å². The van der Waals surface area contributed by atoms with Crippen molar-refractivity contribution in [2.75, 3.05) is 33.4 Å². The number of carbonyl (C=O) groups excluding carboxylic acids is 1. The third-order valence-corrected chi connectivity index (χ3v) is 3.62. The molecule has 1 aliphatic rings. The summed E-state index contributed by atoms with van der Waals surface area (Å²) in [5, 5.41) is 10.4. The molecular weight excluding hydrogens is 270 g/mol. The lowest BCUT2D eigenvalue weighted by atomic mass is 10.2. The molecule has 1 N–H and O–H groups in total. The molecule has 0 aromatic heterocycles. The van der Waals surface area contributed by atoms with Gasteiger partial charge in [-0.15, -0.1) is 0 Å². The van der Waals surface area contributed by atoms with Crippen LogP contribution in [0.25, 0.3) is 6.08 Å². The van der Waals surface area contributed by atoms with Gasteiger partial charge in [-0.1, -0.05) is 12.1 Å². The summed E-state index contributed by atoms with van der Waals surface area (Å²) in [4.78, 5) is 12.0. The molecule has 0 bridgehead atoms. The van der Waals surface area contributed by atoms with Crippen molar-refractivity contribution in [3.63, 3.8) is 0 Å². The van der Waals surface area contributed by atoms with Crippen LogP contribution < -0.4 is 19.5 Å². The molecule has 0 unspecified atom stereocenters. The second-order valence-electron chi connectivity index (χ2n) is 5.12. The van der Waals surface area contributed by atoms with E-state index in [1.807, 2.05) is 0 Å². The molecule has 0 radical (unpaired) electrons. The molecule has 1 aromatic rings. The quantitative estimate of drug-likeness (QED) is 0.689. The van der Waals surface area contributed by atoms with Gasteiger partial charge in [0.15, 0.2) is 11.5 Å². The van der Waals surface area contributed by atoms with Crippen molar-refractivity contribution in [1.29, 1.82) is 0 Å². The smallest absolute Gasteiger partial charge is 0.162 e. The summed E-state index contributed by atoms with van der Waals surface area (Å²) >= 11 is 0. The summed E-state index contributed by atoms with van der Waals surface area (Å²) in [5.41, 5.74) is 0.739. The first-order chi connectivity index (χ1) is 10.2. The molecule has 0 atom stereocenters. The Balaban J connectivity index is 1.97. The lowest BCUT2D eigenvalue weighted by molar-refractivity contribution is -0.887. The Labute approximate surface area is 124 Å². The maximum Gasteiger partial charge on any atom is 0.162 e. The number of carboxylic acids is 1. The zero-order valence-corrected chi connectivity index (χ0v) is 12.3. The maximum atomic E-state index is 10.4. The Bertz CT molecular complexity index is 507. The van der Waals surface area contributed by atoms with Crippen molar-refractivity contribution in [2.45, 2.75) is 12.8 Å². The number of carbonyl (C=O) groups is 1. The van der Waals surface area contributed by atoms with Crippen molar-refractivity contribution in [3.05, 3.63) is 29.8 Å². The number of quaternary nitrogens is 1. The lowest BCUT2D eigenvalue weighted by Crippen LogP contribution is -3.10. The number of aliphatic carboxylic acids is 1. The van der Waals surface area contributed by atoms with Crippen LogP contribution in [0, 0.1) is 0 Å². The van der Waals surface area contributed by atoms with Crippen LogP contribution in [0.2, 0.25) is 0 Å². The predicted octanol–water partition coefficient (Wildman–Crippen LogP) is -0.484. The molecule has 0 saturated carbocycles. The number of hydrogen-bond acceptors (Lipinski definition) is 4. The molecule has 1 fully saturated rings. The van der Waals surface area contributed by atoms with Gasteiger partial charge in [0, 0.05) is 12.8 Å². The fraction of sp³-hybridized carbons (Fsp3) is 0.438. The first-order valence-electron chi connectivity index (χ1n) is 7.22.